The van der Waals surface area contributed by atoms with Gasteiger partial charge in [0.25, 0.3) is 23.1 Å². The van der Waals surface area contributed by atoms with Gasteiger partial charge in [-0.2, -0.15) is 0 Å². The molecule has 14 nitrogen and oxygen atoms in total. The van der Waals surface area contributed by atoms with Gasteiger partial charge in [-0.25, -0.2) is 14.7 Å². The van der Waals surface area contributed by atoms with E-state index in [0.29, 0.717) is 21.8 Å². The lowest BCUT2D eigenvalue weighted by Gasteiger charge is -2.41. The monoisotopic (exact) mass is 660 g/mol. The number of amides is 2. The van der Waals surface area contributed by atoms with Crippen LogP contribution in [0, 0.1) is 10.1 Å². The Morgan fingerprint density at radius 3 is 2.55 bits per heavy atom. The lowest BCUT2D eigenvalue weighted by atomic mass is 9.85. The average Bonchev–Trinajstić information content (AvgIpc) is 3.44. The topological polar surface area (TPSA) is 188 Å². The minimum Gasteiger partial charge on any atom is -0.481 e. The molecule has 0 saturated heterocycles. The summed E-state index contributed by atoms with van der Waals surface area (Å²) in [5, 5.41) is 23.0. The van der Waals surface area contributed by atoms with Gasteiger partial charge in [0, 0.05) is 39.6 Å². The Morgan fingerprint density at radius 2 is 1.80 bits per heavy atom. The van der Waals surface area contributed by atoms with Gasteiger partial charge in [0.2, 0.25) is 0 Å². The predicted molar refractivity (Wildman–Crippen MR) is 171 cm³/mol. The van der Waals surface area contributed by atoms with E-state index >= 15 is 0 Å². The van der Waals surface area contributed by atoms with Crippen molar-refractivity contribution in [3.8, 4) is 11.4 Å². The summed E-state index contributed by atoms with van der Waals surface area (Å²) in [6, 6.07) is 17.7. The van der Waals surface area contributed by atoms with Crippen molar-refractivity contribution in [2.45, 2.75) is 44.7 Å². The largest absolute Gasteiger partial charge is 0.481 e. The SMILES string of the molecule is CCC1(OC(CC(=O)O)N2C(=O)c3cccc4cc([N+](=O)[O-])cc(c34)C2=O)C(=O)OCc2c1cc1n(c2=O)Cc2cc3ccccc3nc2-1. The van der Waals surface area contributed by atoms with Crippen LogP contribution in [0.1, 0.15) is 57.2 Å². The highest BCUT2D eigenvalue weighted by atomic mass is 16.6. The molecule has 49 heavy (non-hydrogen) atoms. The van der Waals surface area contributed by atoms with Gasteiger partial charge in [-0.1, -0.05) is 37.3 Å². The van der Waals surface area contributed by atoms with E-state index in [4.69, 9.17) is 14.5 Å². The number of esters is 1. The van der Waals surface area contributed by atoms with Crippen molar-refractivity contribution in [3.05, 3.63) is 115 Å². The molecule has 1 N–H and O–H groups in total. The molecular weight excluding hydrogens is 636 g/mol. The van der Waals surface area contributed by atoms with Crippen molar-refractivity contribution in [2.75, 3.05) is 0 Å². The lowest BCUT2D eigenvalue weighted by Crippen LogP contribution is -2.55. The molecule has 3 aromatic carbocycles. The first-order valence-corrected chi connectivity index (χ1v) is 15.3. The summed E-state index contributed by atoms with van der Waals surface area (Å²) in [5.41, 5.74) is -0.608. The van der Waals surface area contributed by atoms with Gasteiger partial charge in [-0.3, -0.25) is 29.3 Å². The minimum atomic E-state index is -2.13. The third kappa shape index (κ3) is 4.30. The van der Waals surface area contributed by atoms with Crippen molar-refractivity contribution >= 4 is 51.1 Å². The molecule has 2 atom stereocenters. The van der Waals surface area contributed by atoms with Crippen molar-refractivity contribution < 1.29 is 38.7 Å². The molecular formula is C35H24N4O10. The maximum absolute atomic E-state index is 14.1. The number of carboxylic acid groups (broad SMARTS) is 1. The first kappa shape index (κ1) is 30.1. The number of hydrogen-bond acceptors (Lipinski definition) is 10. The van der Waals surface area contributed by atoms with Gasteiger partial charge in [0.1, 0.15) is 6.61 Å². The van der Waals surface area contributed by atoms with Gasteiger partial charge in [-0.05, 0) is 36.1 Å². The number of carbonyl (C=O) groups is 4. The number of para-hydroxylation sites is 1. The molecule has 3 aliphatic rings. The summed E-state index contributed by atoms with van der Waals surface area (Å²) in [4.78, 5) is 84.5. The molecule has 0 spiro atoms. The normalized spacial score (nSPS) is 18.2. The molecule has 0 radical (unpaired) electrons. The van der Waals surface area contributed by atoms with Gasteiger partial charge in [0.05, 0.1) is 45.9 Å². The van der Waals surface area contributed by atoms with Crippen molar-refractivity contribution in [3.63, 3.8) is 0 Å². The number of pyridine rings is 2. The van der Waals surface area contributed by atoms with E-state index in [2.05, 4.69) is 0 Å². The van der Waals surface area contributed by atoms with Crippen molar-refractivity contribution in [1.29, 1.82) is 0 Å². The molecule has 244 valence electrons. The highest BCUT2D eigenvalue weighted by Crippen LogP contribution is 2.43. The number of cyclic esters (lactones) is 1. The molecule has 0 saturated carbocycles. The number of carbonyl (C=O) groups excluding carboxylic acids is 3. The number of fused-ring (bicyclic) bond motifs is 5. The van der Waals surface area contributed by atoms with Crippen LogP contribution >= 0.6 is 0 Å². The van der Waals surface area contributed by atoms with Crippen LogP contribution in [0.25, 0.3) is 33.1 Å². The standard InChI is InChI=1S/C35H24N4O10/c1-2-35(24-13-26-30-19(10-17-6-3-4-9-25(17)36-30)15-37(26)31(42)23(24)16-48-34(35)45)49-27(14-28(40)41)38-32(43)21-8-5-7-18-11-20(39(46)47)12-22(29(18)21)33(38)44/h3-13,27H,2,14-16H2,1H3,(H,40,41). The minimum absolute atomic E-state index is 0.0101. The smallest absolute Gasteiger partial charge is 0.343 e. The van der Waals surface area contributed by atoms with E-state index < -0.39 is 58.2 Å². The highest BCUT2D eigenvalue weighted by molar-refractivity contribution is 6.26. The average molecular weight is 661 g/mol. The molecule has 2 unspecified atom stereocenters. The van der Waals surface area contributed by atoms with E-state index in [-0.39, 0.29) is 52.6 Å². The van der Waals surface area contributed by atoms with Gasteiger partial charge < -0.3 is 19.1 Å². The first-order chi connectivity index (χ1) is 23.5. The molecule has 0 bridgehead atoms. The van der Waals surface area contributed by atoms with Crippen LogP contribution in [0.3, 0.4) is 0 Å². The number of nitro benzene ring substituents is 1. The van der Waals surface area contributed by atoms with Gasteiger partial charge >= 0.3 is 11.9 Å². The molecule has 3 aliphatic heterocycles. The van der Waals surface area contributed by atoms with E-state index in [1.54, 1.807) is 13.0 Å². The van der Waals surface area contributed by atoms with Gasteiger partial charge in [-0.15, -0.1) is 0 Å². The molecule has 5 aromatic rings. The summed E-state index contributed by atoms with van der Waals surface area (Å²) in [6.45, 7) is 1.41. The van der Waals surface area contributed by atoms with Crippen molar-refractivity contribution in [2.24, 2.45) is 0 Å². The van der Waals surface area contributed by atoms with Crippen LogP contribution in [-0.4, -0.2) is 54.5 Å². The summed E-state index contributed by atoms with van der Waals surface area (Å²) < 4.78 is 13.3. The Hall–Kier alpha value is -6.28. The number of nitrogens with zero attached hydrogens (tertiary/aromatic N) is 4. The fraction of sp³-hybridized carbons (Fsp3) is 0.200. The number of nitro groups is 1. The fourth-order valence-corrected chi connectivity index (χ4v) is 7.15. The number of benzene rings is 3. The quantitative estimate of drug-likeness (QED) is 0.111. The zero-order valence-electron chi connectivity index (χ0n) is 25.7. The third-order valence-electron chi connectivity index (χ3n) is 9.43. The summed E-state index contributed by atoms with van der Waals surface area (Å²) in [6.07, 6.45) is -3.03. The Labute approximate surface area is 275 Å². The second kappa shape index (κ2) is 10.6. The van der Waals surface area contributed by atoms with Crippen LogP contribution in [0.15, 0.2) is 71.5 Å². The fourth-order valence-electron chi connectivity index (χ4n) is 7.15. The lowest BCUT2D eigenvalue weighted by molar-refractivity contribution is -0.384. The second-order valence-electron chi connectivity index (χ2n) is 12.1. The zero-order chi connectivity index (χ0) is 34.4. The highest BCUT2D eigenvalue weighted by Gasteiger charge is 2.52. The van der Waals surface area contributed by atoms with Crippen LogP contribution in [0.5, 0.6) is 0 Å². The Kier molecular flexibility index (Phi) is 6.52. The number of aliphatic carboxylic acids is 1. The maximum atomic E-state index is 14.1. The predicted octanol–water partition coefficient (Wildman–Crippen LogP) is 4.26. The van der Waals surface area contributed by atoms with Crippen LogP contribution in [-0.2, 0) is 37.8 Å². The second-order valence-corrected chi connectivity index (χ2v) is 12.1. The third-order valence-corrected chi connectivity index (χ3v) is 9.43. The number of hydrogen-bond donors (Lipinski definition) is 1. The summed E-state index contributed by atoms with van der Waals surface area (Å²) in [5.74, 6) is -4.37. The first-order valence-electron chi connectivity index (χ1n) is 15.3. The number of carboxylic acids is 1. The summed E-state index contributed by atoms with van der Waals surface area (Å²) >= 11 is 0. The van der Waals surface area contributed by atoms with E-state index in [0.717, 1.165) is 17.0 Å². The molecule has 5 heterocycles. The molecule has 0 aliphatic carbocycles. The maximum Gasteiger partial charge on any atom is 0.343 e. The van der Waals surface area contributed by atoms with Crippen LogP contribution < -0.4 is 5.56 Å². The molecule has 14 heteroatoms. The Morgan fingerprint density at radius 1 is 1.04 bits per heavy atom. The number of rotatable bonds is 7. The number of imide groups is 1. The number of ether oxygens (including phenoxy) is 2. The molecule has 0 fully saturated rings. The van der Waals surface area contributed by atoms with E-state index in [1.807, 2.05) is 30.3 Å². The summed E-state index contributed by atoms with van der Waals surface area (Å²) in [7, 11) is 0. The number of non-ortho nitro benzene ring substituents is 1. The molecule has 2 amide bonds. The van der Waals surface area contributed by atoms with E-state index in [9.17, 15) is 39.2 Å². The Balaban J connectivity index is 1.28. The van der Waals surface area contributed by atoms with Crippen molar-refractivity contribution in [1.82, 2.24) is 14.5 Å². The zero-order valence-corrected chi connectivity index (χ0v) is 25.7. The van der Waals surface area contributed by atoms with Gasteiger partial charge in [0.15, 0.2) is 11.8 Å². The number of aromatic nitrogens is 2. The molecule has 2 aromatic heterocycles. The Bertz CT molecular complexity index is 2440. The van der Waals surface area contributed by atoms with Crippen LogP contribution in [0.4, 0.5) is 5.69 Å². The molecule has 8 rings (SSSR count). The van der Waals surface area contributed by atoms with E-state index in [1.165, 1.54) is 28.8 Å². The van der Waals surface area contributed by atoms with Crippen LogP contribution in [0.2, 0.25) is 0 Å².